The van der Waals surface area contributed by atoms with Gasteiger partial charge in [0.1, 0.15) is 0 Å². The van der Waals surface area contributed by atoms with Crippen molar-refractivity contribution in [3.8, 4) is 23.0 Å². The summed E-state index contributed by atoms with van der Waals surface area (Å²) in [5.41, 5.74) is 3.05. The minimum Gasteiger partial charge on any atom is -0.493 e. The molecule has 0 aliphatic heterocycles. The van der Waals surface area contributed by atoms with Crippen LogP contribution in [0.25, 0.3) is 0 Å². The highest BCUT2D eigenvalue weighted by Gasteiger charge is 2.16. The molecule has 0 aromatic heterocycles. The predicted molar refractivity (Wildman–Crippen MR) is 139 cm³/mol. The number of aryl methyl sites for hydroxylation is 1. The van der Waals surface area contributed by atoms with Gasteiger partial charge >= 0.3 is 0 Å². The summed E-state index contributed by atoms with van der Waals surface area (Å²) >= 11 is 6.15. The molecule has 0 spiro atoms. The molecule has 0 aliphatic rings. The molecule has 0 heterocycles. The average Bonchev–Trinajstić information content (AvgIpc) is 2.88. The predicted octanol–water partition coefficient (Wildman–Crippen LogP) is 5.54. The van der Waals surface area contributed by atoms with Crippen molar-refractivity contribution in [1.82, 2.24) is 4.90 Å². The number of halogens is 1. The monoisotopic (exact) mass is 499 g/mol. The number of aliphatic hydroxyl groups excluding tert-OH is 1. The molecule has 0 saturated carbocycles. The third-order valence-corrected chi connectivity index (χ3v) is 6.14. The minimum absolute atomic E-state index is 0.473. The van der Waals surface area contributed by atoms with Crippen LogP contribution in [0.5, 0.6) is 23.0 Å². The van der Waals surface area contributed by atoms with Gasteiger partial charge in [0.05, 0.1) is 34.5 Å². The van der Waals surface area contributed by atoms with Crippen LogP contribution >= 0.6 is 11.6 Å². The quantitative estimate of drug-likeness (QED) is 0.333. The van der Waals surface area contributed by atoms with E-state index in [4.69, 9.17) is 30.5 Å². The largest absolute Gasteiger partial charge is 0.493 e. The molecule has 0 bridgehead atoms. The standard InChI is InChI=1S/C28H34ClNO5/c1-32-25-12-10-20(15-27(25)34-3)7-6-14-30(19-24(31)22-8-5-9-23(29)17-22)18-21-11-13-26(33-2)28(16-21)35-4/h5,8-13,15-17,24,31H,6-7,14,18-19H2,1-4H3. The van der Waals surface area contributed by atoms with Gasteiger partial charge in [0.25, 0.3) is 0 Å². The normalized spacial score (nSPS) is 11.9. The number of benzene rings is 3. The lowest BCUT2D eigenvalue weighted by atomic mass is 10.1. The summed E-state index contributed by atoms with van der Waals surface area (Å²) in [6.07, 6.45) is 1.12. The van der Waals surface area contributed by atoms with E-state index in [1.54, 1.807) is 28.4 Å². The van der Waals surface area contributed by atoms with E-state index in [-0.39, 0.29) is 0 Å². The van der Waals surface area contributed by atoms with Crippen LogP contribution < -0.4 is 18.9 Å². The van der Waals surface area contributed by atoms with Gasteiger partial charge in [-0.25, -0.2) is 0 Å². The second kappa shape index (κ2) is 13.2. The molecule has 1 unspecified atom stereocenters. The van der Waals surface area contributed by atoms with Crippen molar-refractivity contribution in [2.45, 2.75) is 25.5 Å². The van der Waals surface area contributed by atoms with Gasteiger partial charge < -0.3 is 24.1 Å². The van der Waals surface area contributed by atoms with Crippen LogP contribution in [-0.4, -0.2) is 51.5 Å². The number of nitrogens with zero attached hydrogens (tertiary/aromatic N) is 1. The Kier molecular flexibility index (Phi) is 10.1. The van der Waals surface area contributed by atoms with Gasteiger partial charge in [0.2, 0.25) is 0 Å². The molecular weight excluding hydrogens is 466 g/mol. The van der Waals surface area contributed by atoms with E-state index in [1.807, 2.05) is 54.6 Å². The molecule has 3 aromatic rings. The zero-order valence-electron chi connectivity index (χ0n) is 20.8. The van der Waals surface area contributed by atoms with Crippen molar-refractivity contribution < 1.29 is 24.1 Å². The van der Waals surface area contributed by atoms with E-state index in [2.05, 4.69) is 11.0 Å². The highest BCUT2D eigenvalue weighted by Crippen LogP contribution is 2.30. The molecule has 0 saturated heterocycles. The third-order valence-electron chi connectivity index (χ3n) is 5.91. The van der Waals surface area contributed by atoms with E-state index in [9.17, 15) is 5.11 Å². The van der Waals surface area contributed by atoms with Crippen LogP contribution in [0.3, 0.4) is 0 Å². The van der Waals surface area contributed by atoms with E-state index >= 15 is 0 Å². The summed E-state index contributed by atoms with van der Waals surface area (Å²) in [6.45, 7) is 1.92. The number of aliphatic hydroxyl groups is 1. The lowest BCUT2D eigenvalue weighted by molar-refractivity contribution is 0.108. The van der Waals surface area contributed by atoms with Crippen LogP contribution in [0.2, 0.25) is 5.02 Å². The Balaban J connectivity index is 1.73. The molecule has 3 aromatic carbocycles. The average molecular weight is 500 g/mol. The first-order chi connectivity index (χ1) is 17.0. The number of methoxy groups -OCH3 is 4. The summed E-state index contributed by atoms with van der Waals surface area (Å²) in [4.78, 5) is 2.24. The van der Waals surface area contributed by atoms with E-state index in [0.29, 0.717) is 29.6 Å². The fraction of sp³-hybridized carbons (Fsp3) is 0.357. The number of hydrogen-bond donors (Lipinski definition) is 1. The summed E-state index contributed by atoms with van der Waals surface area (Å²) in [5, 5.41) is 11.6. The Hall–Kier alpha value is -2.93. The number of ether oxygens (including phenoxy) is 4. The third kappa shape index (κ3) is 7.52. The van der Waals surface area contributed by atoms with Gasteiger partial charge in [0, 0.05) is 18.1 Å². The summed E-state index contributed by atoms with van der Waals surface area (Å²) in [7, 11) is 6.53. The molecule has 0 fully saturated rings. The van der Waals surface area contributed by atoms with E-state index in [0.717, 1.165) is 42.0 Å². The molecule has 35 heavy (non-hydrogen) atoms. The Labute approximate surface area is 213 Å². The lowest BCUT2D eigenvalue weighted by Gasteiger charge is -2.26. The van der Waals surface area contributed by atoms with Gasteiger partial charge in [-0.1, -0.05) is 35.9 Å². The first kappa shape index (κ1) is 26.7. The van der Waals surface area contributed by atoms with Crippen molar-refractivity contribution in [2.75, 3.05) is 41.5 Å². The van der Waals surface area contributed by atoms with Gasteiger partial charge in [-0.2, -0.15) is 0 Å². The van der Waals surface area contributed by atoms with Crippen LogP contribution in [0.15, 0.2) is 60.7 Å². The van der Waals surface area contributed by atoms with Crippen molar-refractivity contribution >= 4 is 11.6 Å². The molecular formula is C28H34ClNO5. The van der Waals surface area contributed by atoms with Crippen LogP contribution in [0.4, 0.5) is 0 Å². The van der Waals surface area contributed by atoms with Crippen LogP contribution in [-0.2, 0) is 13.0 Å². The summed E-state index contributed by atoms with van der Waals surface area (Å²) < 4.78 is 21.6. The Morgan fingerprint density at radius 2 is 1.37 bits per heavy atom. The second-order valence-electron chi connectivity index (χ2n) is 8.29. The first-order valence-corrected chi connectivity index (χ1v) is 11.9. The molecule has 0 aliphatic carbocycles. The topological polar surface area (TPSA) is 60.4 Å². The lowest BCUT2D eigenvalue weighted by Crippen LogP contribution is -2.29. The van der Waals surface area contributed by atoms with E-state index < -0.39 is 6.10 Å². The van der Waals surface area contributed by atoms with Crippen LogP contribution in [0, 0.1) is 0 Å². The minimum atomic E-state index is -0.657. The molecule has 188 valence electrons. The maximum absolute atomic E-state index is 10.9. The van der Waals surface area contributed by atoms with Crippen molar-refractivity contribution in [3.63, 3.8) is 0 Å². The fourth-order valence-corrected chi connectivity index (χ4v) is 4.28. The fourth-order valence-electron chi connectivity index (χ4n) is 4.08. The number of rotatable bonds is 13. The molecule has 0 amide bonds. The molecule has 6 nitrogen and oxygen atoms in total. The van der Waals surface area contributed by atoms with E-state index in [1.165, 1.54) is 5.56 Å². The van der Waals surface area contributed by atoms with Gasteiger partial charge in [-0.3, -0.25) is 4.90 Å². The summed E-state index contributed by atoms with van der Waals surface area (Å²) in [6, 6.07) is 19.3. The van der Waals surface area contributed by atoms with Gasteiger partial charge in [-0.05, 0) is 72.5 Å². The second-order valence-corrected chi connectivity index (χ2v) is 8.72. The van der Waals surface area contributed by atoms with Crippen molar-refractivity contribution in [1.29, 1.82) is 0 Å². The Bertz CT molecular complexity index is 1090. The number of hydrogen-bond acceptors (Lipinski definition) is 6. The SMILES string of the molecule is COc1ccc(CCCN(Cc2ccc(OC)c(OC)c2)CC(O)c2cccc(Cl)c2)cc1OC. The van der Waals surface area contributed by atoms with Crippen molar-refractivity contribution in [2.24, 2.45) is 0 Å². The molecule has 1 N–H and O–H groups in total. The van der Waals surface area contributed by atoms with Crippen molar-refractivity contribution in [3.05, 3.63) is 82.4 Å². The zero-order valence-corrected chi connectivity index (χ0v) is 21.5. The highest BCUT2D eigenvalue weighted by molar-refractivity contribution is 6.30. The molecule has 0 radical (unpaired) electrons. The maximum Gasteiger partial charge on any atom is 0.161 e. The molecule has 1 atom stereocenters. The smallest absolute Gasteiger partial charge is 0.161 e. The first-order valence-electron chi connectivity index (χ1n) is 11.5. The Morgan fingerprint density at radius 1 is 0.771 bits per heavy atom. The van der Waals surface area contributed by atoms with Gasteiger partial charge in [0.15, 0.2) is 23.0 Å². The zero-order chi connectivity index (χ0) is 25.2. The van der Waals surface area contributed by atoms with Gasteiger partial charge in [-0.15, -0.1) is 0 Å². The highest BCUT2D eigenvalue weighted by atomic mass is 35.5. The Morgan fingerprint density at radius 3 is 1.97 bits per heavy atom. The van der Waals surface area contributed by atoms with Crippen LogP contribution in [0.1, 0.15) is 29.2 Å². The molecule has 7 heteroatoms. The summed E-state index contributed by atoms with van der Waals surface area (Å²) in [5.74, 6) is 2.82. The maximum atomic E-state index is 10.9. The molecule has 3 rings (SSSR count).